The van der Waals surface area contributed by atoms with Gasteiger partial charge in [-0.3, -0.25) is 4.79 Å². The molecular weight excluding hydrogens is 288 g/mol. The highest BCUT2D eigenvalue weighted by Gasteiger charge is 2.35. The third kappa shape index (κ3) is 2.29. The number of aryl methyl sites for hydroxylation is 2. The van der Waals surface area contributed by atoms with Crippen LogP contribution in [0.2, 0.25) is 0 Å². The first-order chi connectivity index (χ1) is 9.81. The molecule has 5 heteroatoms. The molecule has 20 heavy (non-hydrogen) atoms. The molecule has 104 valence electrons. The average molecular weight is 304 g/mol. The van der Waals surface area contributed by atoms with Crippen molar-refractivity contribution in [2.45, 2.75) is 38.1 Å². The van der Waals surface area contributed by atoms with Gasteiger partial charge in [-0.2, -0.15) is 0 Å². The number of carbonyl (C=O) groups is 1. The summed E-state index contributed by atoms with van der Waals surface area (Å²) >= 11 is 3.31. The topological polar surface area (TPSA) is 42.0 Å². The molecule has 2 aliphatic carbocycles. The largest absolute Gasteiger partial charge is 0.342 e. The van der Waals surface area contributed by atoms with E-state index in [2.05, 4.69) is 16.4 Å². The molecule has 0 spiro atoms. The molecule has 0 aromatic carbocycles. The summed E-state index contributed by atoms with van der Waals surface area (Å²) in [6, 6.07) is 2.20. The molecule has 0 aliphatic heterocycles. The molecule has 1 atom stereocenters. The molecule has 0 bridgehead atoms. The summed E-state index contributed by atoms with van der Waals surface area (Å²) in [4.78, 5) is 19.1. The lowest BCUT2D eigenvalue weighted by Gasteiger charge is -2.15. The van der Waals surface area contributed by atoms with Crippen molar-refractivity contribution in [1.29, 1.82) is 0 Å². The zero-order valence-corrected chi connectivity index (χ0v) is 12.7. The van der Waals surface area contributed by atoms with Gasteiger partial charge >= 0.3 is 0 Å². The van der Waals surface area contributed by atoms with Crippen LogP contribution in [-0.4, -0.2) is 10.9 Å². The Morgan fingerprint density at radius 1 is 1.40 bits per heavy atom. The van der Waals surface area contributed by atoms with Gasteiger partial charge in [0.25, 0.3) is 5.91 Å². The number of nitrogens with one attached hydrogen (secondary N) is 1. The van der Waals surface area contributed by atoms with Crippen molar-refractivity contribution in [3.63, 3.8) is 0 Å². The van der Waals surface area contributed by atoms with Crippen molar-refractivity contribution >= 4 is 28.6 Å². The van der Waals surface area contributed by atoms with Crippen LogP contribution in [0.15, 0.2) is 17.6 Å². The van der Waals surface area contributed by atoms with Crippen LogP contribution in [0, 0.1) is 5.92 Å². The number of rotatable bonds is 4. The Hall–Kier alpha value is -1.20. The fourth-order valence-corrected chi connectivity index (χ4v) is 4.79. The van der Waals surface area contributed by atoms with Crippen molar-refractivity contribution in [2.24, 2.45) is 5.92 Å². The molecule has 1 saturated carbocycles. The molecule has 2 aromatic heterocycles. The van der Waals surface area contributed by atoms with Crippen LogP contribution >= 0.6 is 22.7 Å². The van der Waals surface area contributed by atoms with E-state index in [1.165, 1.54) is 29.7 Å². The van der Waals surface area contributed by atoms with Crippen LogP contribution in [0.4, 0.5) is 0 Å². The van der Waals surface area contributed by atoms with Crippen LogP contribution in [0.5, 0.6) is 0 Å². The molecule has 2 heterocycles. The zero-order valence-electron chi connectivity index (χ0n) is 11.1. The molecular formula is C15H16N2OS2. The van der Waals surface area contributed by atoms with Crippen molar-refractivity contribution in [3.8, 4) is 0 Å². The predicted molar refractivity (Wildman–Crippen MR) is 81.4 cm³/mol. The highest BCUT2D eigenvalue weighted by atomic mass is 32.1. The Bertz CT molecular complexity index is 607. The molecule has 4 rings (SSSR count). The molecule has 1 N–H and O–H groups in total. The minimum absolute atomic E-state index is 0.0801. The van der Waals surface area contributed by atoms with Crippen molar-refractivity contribution in [2.75, 3.05) is 0 Å². The Balaban J connectivity index is 1.53. The molecule has 1 amide bonds. The number of thiazole rings is 1. The van der Waals surface area contributed by atoms with Gasteiger partial charge < -0.3 is 5.32 Å². The first-order valence-corrected chi connectivity index (χ1v) is 8.83. The summed E-state index contributed by atoms with van der Waals surface area (Å²) in [5.74, 6) is 0.661. The standard InChI is InChI=1S/C15H16N2OS2/c18-14(12-8-10-2-1-3-11(10)20-12)17-13(9-4-5-9)15-16-6-7-19-15/h6-9,13H,1-5H2,(H,17,18). The summed E-state index contributed by atoms with van der Waals surface area (Å²) in [7, 11) is 0. The van der Waals surface area contributed by atoms with Gasteiger partial charge in [0, 0.05) is 16.5 Å². The maximum absolute atomic E-state index is 12.5. The van der Waals surface area contributed by atoms with Crippen LogP contribution in [0.3, 0.4) is 0 Å². The molecule has 1 unspecified atom stereocenters. The number of nitrogens with zero attached hydrogens (tertiary/aromatic N) is 1. The average Bonchev–Trinajstić information content (AvgIpc) is 2.86. The summed E-state index contributed by atoms with van der Waals surface area (Å²) in [5, 5.41) is 6.23. The van der Waals surface area contributed by atoms with Crippen LogP contribution < -0.4 is 5.32 Å². The summed E-state index contributed by atoms with van der Waals surface area (Å²) in [6.45, 7) is 0. The van der Waals surface area contributed by atoms with E-state index in [0.717, 1.165) is 22.7 Å². The minimum atomic E-state index is 0.0801. The van der Waals surface area contributed by atoms with Gasteiger partial charge in [0.2, 0.25) is 0 Å². The van der Waals surface area contributed by atoms with E-state index in [4.69, 9.17) is 0 Å². The predicted octanol–water partition coefficient (Wildman–Crippen LogP) is 3.57. The number of hydrogen-bond donors (Lipinski definition) is 1. The van der Waals surface area contributed by atoms with E-state index in [-0.39, 0.29) is 11.9 Å². The molecule has 0 radical (unpaired) electrons. The van der Waals surface area contributed by atoms with Crippen molar-refractivity contribution in [1.82, 2.24) is 10.3 Å². The van der Waals surface area contributed by atoms with E-state index in [9.17, 15) is 4.79 Å². The Morgan fingerprint density at radius 3 is 3.00 bits per heavy atom. The lowest BCUT2D eigenvalue weighted by molar-refractivity contribution is 0.0935. The van der Waals surface area contributed by atoms with Crippen LogP contribution in [0.1, 0.15) is 50.4 Å². The maximum Gasteiger partial charge on any atom is 0.261 e. The fourth-order valence-electron chi connectivity index (χ4n) is 2.85. The minimum Gasteiger partial charge on any atom is -0.342 e. The summed E-state index contributed by atoms with van der Waals surface area (Å²) < 4.78 is 0. The monoisotopic (exact) mass is 304 g/mol. The highest BCUT2D eigenvalue weighted by molar-refractivity contribution is 7.14. The smallest absolute Gasteiger partial charge is 0.261 e. The third-order valence-electron chi connectivity index (χ3n) is 4.07. The van der Waals surface area contributed by atoms with Crippen LogP contribution in [-0.2, 0) is 12.8 Å². The normalized spacial score (nSPS) is 18.8. The molecule has 3 nitrogen and oxygen atoms in total. The maximum atomic E-state index is 12.5. The number of thiophene rings is 1. The van der Waals surface area contributed by atoms with Gasteiger partial charge in [-0.25, -0.2) is 4.98 Å². The number of amides is 1. The lowest BCUT2D eigenvalue weighted by atomic mass is 10.2. The zero-order chi connectivity index (χ0) is 13.5. The van der Waals surface area contributed by atoms with E-state index in [1.54, 1.807) is 22.7 Å². The van der Waals surface area contributed by atoms with E-state index >= 15 is 0 Å². The lowest BCUT2D eigenvalue weighted by Crippen LogP contribution is -2.29. The number of fused-ring (bicyclic) bond motifs is 1. The second kappa shape index (κ2) is 4.97. The van der Waals surface area contributed by atoms with Gasteiger partial charge in [-0.15, -0.1) is 22.7 Å². The fraction of sp³-hybridized carbons (Fsp3) is 0.467. The van der Waals surface area contributed by atoms with Gasteiger partial charge in [0.15, 0.2) is 0 Å². The molecule has 1 fully saturated rings. The second-order valence-corrected chi connectivity index (χ2v) is 7.63. The second-order valence-electron chi connectivity index (χ2n) is 5.57. The van der Waals surface area contributed by atoms with E-state index < -0.39 is 0 Å². The highest BCUT2D eigenvalue weighted by Crippen LogP contribution is 2.42. The van der Waals surface area contributed by atoms with Gasteiger partial charge in [0.05, 0.1) is 10.9 Å². The quantitative estimate of drug-likeness (QED) is 0.938. The Kier molecular flexibility index (Phi) is 3.11. The SMILES string of the molecule is O=C(NC(c1nccs1)C1CC1)c1cc2c(s1)CCC2. The van der Waals surface area contributed by atoms with E-state index in [0.29, 0.717) is 5.92 Å². The van der Waals surface area contributed by atoms with Crippen molar-refractivity contribution in [3.05, 3.63) is 38.0 Å². The van der Waals surface area contributed by atoms with Gasteiger partial charge in [0.1, 0.15) is 5.01 Å². The van der Waals surface area contributed by atoms with Crippen molar-refractivity contribution < 1.29 is 4.79 Å². The van der Waals surface area contributed by atoms with Crippen LogP contribution in [0.25, 0.3) is 0 Å². The number of aromatic nitrogens is 1. The Morgan fingerprint density at radius 2 is 2.30 bits per heavy atom. The molecule has 2 aliphatic rings. The first kappa shape index (κ1) is 12.5. The molecule has 2 aromatic rings. The molecule has 0 saturated heterocycles. The number of hydrogen-bond acceptors (Lipinski definition) is 4. The number of carbonyl (C=O) groups excluding carboxylic acids is 1. The third-order valence-corrected chi connectivity index (χ3v) is 6.16. The van der Waals surface area contributed by atoms with E-state index in [1.807, 2.05) is 11.6 Å². The van der Waals surface area contributed by atoms with Gasteiger partial charge in [-0.05, 0) is 49.7 Å². The summed E-state index contributed by atoms with van der Waals surface area (Å²) in [6.07, 6.45) is 7.74. The Labute approximate surface area is 126 Å². The van der Waals surface area contributed by atoms with Gasteiger partial charge in [-0.1, -0.05) is 0 Å². The first-order valence-electron chi connectivity index (χ1n) is 7.13. The summed E-state index contributed by atoms with van der Waals surface area (Å²) in [5.41, 5.74) is 1.39.